The summed E-state index contributed by atoms with van der Waals surface area (Å²) in [6.45, 7) is -0.148. The van der Waals surface area contributed by atoms with Crippen molar-refractivity contribution in [3.05, 3.63) is 90.0 Å². The maximum absolute atomic E-state index is 12.8. The van der Waals surface area contributed by atoms with E-state index in [0.717, 1.165) is 0 Å². The number of hydrogen-bond donors (Lipinski definition) is 1. The van der Waals surface area contributed by atoms with Gasteiger partial charge in [-0.3, -0.25) is 9.52 Å². The first-order valence-corrected chi connectivity index (χ1v) is 10.8. The van der Waals surface area contributed by atoms with Crippen LogP contribution in [0.1, 0.15) is 15.9 Å². The van der Waals surface area contributed by atoms with Crippen molar-refractivity contribution in [2.24, 2.45) is 0 Å². The molecule has 3 aromatic carbocycles. The fourth-order valence-corrected chi connectivity index (χ4v) is 4.01. The van der Waals surface area contributed by atoms with E-state index in [2.05, 4.69) is 9.46 Å². The van der Waals surface area contributed by atoms with Crippen molar-refractivity contribution < 1.29 is 31.1 Å². The second-order valence-corrected chi connectivity index (χ2v) is 8.50. The molecule has 0 aromatic heterocycles. The van der Waals surface area contributed by atoms with Crippen molar-refractivity contribution in [3.63, 3.8) is 0 Å². The zero-order chi connectivity index (χ0) is 23.4. The van der Waals surface area contributed by atoms with E-state index in [1.165, 1.54) is 72.6 Å². The van der Waals surface area contributed by atoms with Gasteiger partial charge in [-0.1, -0.05) is 42.5 Å². The van der Waals surface area contributed by atoms with Crippen molar-refractivity contribution in [1.29, 1.82) is 0 Å². The van der Waals surface area contributed by atoms with Gasteiger partial charge in [0.25, 0.3) is 15.9 Å². The number of carbonyl (C=O) groups is 1. The Morgan fingerprint density at radius 3 is 2.31 bits per heavy atom. The summed E-state index contributed by atoms with van der Waals surface area (Å²) < 4.78 is 69.3. The number of amides is 1. The van der Waals surface area contributed by atoms with Gasteiger partial charge in [-0.2, -0.15) is 0 Å². The molecule has 0 spiro atoms. The highest BCUT2D eigenvalue weighted by Crippen LogP contribution is 2.27. The van der Waals surface area contributed by atoms with Gasteiger partial charge in [0.15, 0.2) is 0 Å². The number of nitrogens with zero attached hydrogens (tertiary/aromatic N) is 1. The van der Waals surface area contributed by atoms with Gasteiger partial charge in [-0.25, -0.2) is 8.42 Å². The van der Waals surface area contributed by atoms with E-state index in [4.69, 9.17) is 0 Å². The van der Waals surface area contributed by atoms with Crippen molar-refractivity contribution in [2.75, 3.05) is 11.8 Å². The lowest BCUT2D eigenvalue weighted by molar-refractivity contribution is -0.275. The Bertz CT molecular complexity index is 1200. The van der Waals surface area contributed by atoms with Crippen LogP contribution in [-0.4, -0.2) is 32.6 Å². The van der Waals surface area contributed by atoms with Crippen LogP contribution in [0.3, 0.4) is 0 Å². The predicted molar refractivity (Wildman–Crippen MR) is 113 cm³/mol. The lowest BCUT2D eigenvalue weighted by Crippen LogP contribution is -2.27. The smallest absolute Gasteiger partial charge is 0.405 e. The molecule has 0 fully saturated rings. The summed E-state index contributed by atoms with van der Waals surface area (Å²) in [5.74, 6) is -0.906. The lowest BCUT2D eigenvalue weighted by Gasteiger charge is -2.20. The first-order valence-electron chi connectivity index (χ1n) is 9.32. The third-order valence-corrected chi connectivity index (χ3v) is 5.76. The molecule has 3 aromatic rings. The fraction of sp³-hybridized carbons (Fsp3) is 0.136. The zero-order valence-electron chi connectivity index (χ0n) is 16.8. The van der Waals surface area contributed by atoms with E-state index in [-0.39, 0.29) is 28.3 Å². The Labute approximate surface area is 183 Å². The molecule has 0 radical (unpaired) electrons. The summed E-state index contributed by atoms with van der Waals surface area (Å²) >= 11 is 0. The molecular weight excluding hydrogens is 445 g/mol. The molecule has 0 aliphatic heterocycles. The van der Waals surface area contributed by atoms with Crippen LogP contribution in [0.25, 0.3) is 0 Å². The number of alkyl halides is 3. The minimum atomic E-state index is -4.86. The number of sulfonamides is 1. The summed E-state index contributed by atoms with van der Waals surface area (Å²) in [7, 11) is -2.42. The second kappa shape index (κ2) is 9.31. The normalized spacial score (nSPS) is 11.6. The molecule has 32 heavy (non-hydrogen) atoms. The third-order valence-electron chi connectivity index (χ3n) is 4.37. The van der Waals surface area contributed by atoms with E-state index in [1.54, 1.807) is 18.2 Å². The minimum Gasteiger partial charge on any atom is -0.405 e. The Kier molecular flexibility index (Phi) is 6.73. The third kappa shape index (κ3) is 6.01. The monoisotopic (exact) mass is 464 g/mol. The van der Waals surface area contributed by atoms with E-state index in [0.29, 0.717) is 0 Å². The number of para-hydroxylation sites is 1. The van der Waals surface area contributed by atoms with Crippen LogP contribution >= 0.6 is 0 Å². The molecule has 0 atom stereocenters. The zero-order valence-corrected chi connectivity index (χ0v) is 17.7. The number of rotatable bonds is 7. The quantitative estimate of drug-likeness (QED) is 0.552. The van der Waals surface area contributed by atoms with Crippen LogP contribution in [0.2, 0.25) is 0 Å². The van der Waals surface area contributed by atoms with Gasteiger partial charge < -0.3 is 9.64 Å². The Morgan fingerprint density at radius 1 is 0.969 bits per heavy atom. The molecular formula is C22H19F3N2O4S. The van der Waals surface area contributed by atoms with Gasteiger partial charge in [0.2, 0.25) is 0 Å². The Hall–Kier alpha value is -3.53. The summed E-state index contributed by atoms with van der Waals surface area (Å²) in [5, 5.41) is 0. The Balaban J connectivity index is 1.76. The Morgan fingerprint density at radius 2 is 1.62 bits per heavy atom. The largest absolute Gasteiger partial charge is 0.573 e. The topological polar surface area (TPSA) is 75.7 Å². The molecule has 168 valence electrons. The minimum absolute atomic E-state index is 0.0649. The highest BCUT2D eigenvalue weighted by atomic mass is 32.2. The molecule has 0 heterocycles. The van der Waals surface area contributed by atoms with Crippen molar-refractivity contribution >= 4 is 21.6 Å². The van der Waals surface area contributed by atoms with Crippen LogP contribution < -0.4 is 9.46 Å². The highest BCUT2D eigenvalue weighted by molar-refractivity contribution is 7.92. The lowest BCUT2D eigenvalue weighted by atomic mass is 10.1. The summed E-state index contributed by atoms with van der Waals surface area (Å²) in [5.41, 5.74) is 0.505. The number of carbonyl (C=O) groups excluding carboxylic acids is 1. The molecule has 0 saturated carbocycles. The molecule has 0 saturated heterocycles. The fourth-order valence-electron chi connectivity index (χ4n) is 2.94. The summed E-state index contributed by atoms with van der Waals surface area (Å²) in [6.07, 6.45) is -4.86. The van der Waals surface area contributed by atoms with Crippen molar-refractivity contribution in [2.45, 2.75) is 17.8 Å². The first kappa shape index (κ1) is 23.1. The molecule has 3 rings (SSSR count). The molecule has 6 nitrogen and oxygen atoms in total. The van der Waals surface area contributed by atoms with Crippen molar-refractivity contribution in [1.82, 2.24) is 4.90 Å². The van der Waals surface area contributed by atoms with Crippen LogP contribution in [0.5, 0.6) is 5.75 Å². The SMILES string of the molecule is CN(Cc1ccccc1OC(F)(F)F)C(=O)c1cccc(NS(=O)(=O)c2ccccc2)c1. The molecule has 10 heteroatoms. The molecule has 1 N–H and O–H groups in total. The van der Waals surface area contributed by atoms with Crippen LogP contribution in [0.15, 0.2) is 83.8 Å². The van der Waals surface area contributed by atoms with Crippen LogP contribution in [0.4, 0.5) is 18.9 Å². The number of benzene rings is 3. The average Bonchev–Trinajstić information content (AvgIpc) is 2.74. The van der Waals surface area contributed by atoms with Crippen molar-refractivity contribution in [3.8, 4) is 5.75 Å². The summed E-state index contributed by atoms with van der Waals surface area (Å²) in [6, 6.07) is 19.1. The molecule has 0 bridgehead atoms. The van der Waals surface area contributed by atoms with Crippen LogP contribution in [-0.2, 0) is 16.6 Å². The number of anilines is 1. The number of nitrogens with one attached hydrogen (secondary N) is 1. The number of hydrogen-bond acceptors (Lipinski definition) is 4. The number of ether oxygens (including phenoxy) is 1. The van der Waals surface area contributed by atoms with Gasteiger partial charge in [-0.05, 0) is 36.4 Å². The summed E-state index contributed by atoms with van der Waals surface area (Å²) in [4.78, 5) is 14.1. The van der Waals surface area contributed by atoms with Gasteiger partial charge in [-0.15, -0.1) is 13.2 Å². The maximum Gasteiger partial charge on any atom is 0.573 e. The molecule has 1 amide bonds. The molecule has 0 aliphatic carbocycles. The van der Waals surface area contributed by atoms with E-state index >= 15 is 0 Å². The first-order chi connectivity index (χ1) is 15.0. The van der Waals surface area contributed by atoms with Crippen LogP contribution in [0, 0.1) is 0 Å². The van der Waals surface area contributed by atoms with Gasteiger partial charge in [0.1, 0.15) is 5.75 Å². The molecule has 0 unspecified atom stereocenters. The maximum atomic E-state index is 12.8. The van der Waals surface area contributed by atoms with E-state index in [1.807, 2.05) is 0 Å². The van der Waals surface area contributed by atoms with Gasteiger partial charge >= 0.3 is 6.36 Å². The predicted octanol–water partition coefficient (Wildman–Crippen LogP) is 4.66. The highest BCUT2D eigenvalue weighted by Gasteiger charge is 2.32. The second-order valence-electron chi connectivity index (χ2n) is 6.82. The van der Waals surface area contributed by atoms with E-state index < -0.39 is 28.0 Å². The standard InChI is InChI=1S/C22H19F3N2O4S/c1-27(15-17-8-5-6-13-20(17)31-22(23,24)25)21(28)16-9-7-10-18(14-16)26-32(29,30)19-11-3-2-4-12-19/h2-14,26H,15H2,1H3. The van der Waals surface area contributed by atoms with E-state index in [9.17, 15) is 26.4 Å². The van der Waals surface area contributed by atoms with Gasteiger partial charge in [0, 0.05) is 30.4 Å². The number of halogens is 3. The molecule has 0 aliphatic rings. The average molecular weight is 464 g/mol. The van der Waals surface area contributed by atoms with Gasteiger partial charge in [0.05, 0.1) is 4.90 Å².